The number of benzene rings is 2. The number of rotatable bonds is 4. The van der Waals surface area contributed by atoms with Gasteiger partial charge in [0.15, 0.2) is 17.0 Å². The summed E-state index contributed by atoms with van der Waals surface area (Å²) >= 11 is 5.92. The van der Waals surface area contributed by atoms with Gasteiger partial charge in [0.25, 0.3) is 0 Å². The molecule has 0 amide bonds. The molecule has 4 rings (SSSR count). The van der Waals surface area contributed by atoms with Crippen molar-refractivity contribution in [2.45, 2.75) is 6.54 Å². The van der Waals surface area contributed by atoms with E-state index in [0.717, 1.165) is 23.4 Å². The third kappa shape index (κ3) is 2.94. The number of imidazole rings is 1. The number of nitrogens with one attached hydrogen (secondary N) is 1. The maximum atomic E-state index is 5.92. The van der Waals surface area contributed by atoms with Crippen LogP contribution in [0, 0.1) is 0 Å². The number of aromatic nitrogens is 4. The smallest absolute Gasteiger partial charge is 0.165 e. The quantitative estimate of drug-likeness (QED) is 0.605. The molecule has 6 heteroatoms. The maximum absolute atomic E-state index is 5.92. The summed E-state index contributed by atoms with van der Waals surface area (Å²) in [6.45, 7) is 0.717. The minimum Gasteiger partial charge on any atom is -0.338 e. The predicted octanol–water partition coefficient (Wildman–Crippen LogP) is 4.27. The summed E-state index contributed by atoms with van der Waals surface area (Å²) in [4.78, 5) is 13.2. The fourth-order valence-corrected chi connectivity index (χ4v) is 2.66. The third-order valence-electron chi connectivity index (χ3n) is 3.70. The van der Waals surface area contributed by atoms with Crippen LogP contribution in [0.2, 0.25) is 5.02 Å². The first-order valence-electron chi connectivity index (χ1n) is 7.52. The van der Waals surface area contributed by atoms with Gasteiger partial charge in [-0.05, 0) is 29.8 Å². The minimum atomic E-state index is 0.675. The molecule has 0 aliphatic heterocycles. The average molecular weight is 336 g/mol. The number of hydrogen-bond donors (Lipinski definition) is 1. The Morgan fingerprint density at radius 1 is 0.917 bits per heavy atom. The van der Waals surface area contributed by atoms with Gasteiger partial charge in [0.2, 0.25) is 0 Å². The highest BCUT2D eigenvalue weighted by Crippen LogP contribution is 2.23. The molecular formula is C18H14ClN5. The van der Waals surface area contributed by atoms with Crippen LogP contribution in [0.1, 0.15) is 5.56 Å². The van der Waals surface area contributed by atoms with E-state index < -0.39 is 0 Å². The molecule has 5 nitrogen and oxygen atoms in total. The molecule has 0 bridgehead atoms. The summed E-state index contributed by atoms with van der Waals surface area (Å²) in [5.74, 6) is 0.675. The predicted molar refractivity (Wildman–Crippen MR) is 95.6 cm³/mol. The van der Waals surface area contributed by atoms with Gasteiger partial charge in [-0.25, -0.2) is 15.0 Å². The van der Waals surface area contributed by atoms with Crippen LogP contribution in [0.25, 0.3) is 11.2 Å². The molecule has 2 aromatic carbocycles. The Morgan fingerprint density at radius 3 is 2.50 bits per heavy atom. The molecule has 0 spiro atoms. The van der Waals surface area contributed by atoms with E-state index in [1.165, 1.54) is 5.56 Å². The second-order valence-electron chi connectivity index (χ2n) is 5.38. The Kier molecular flexibility index (Phi) is 3.84. The highest BCUT2D eigenvalue weighted by atomic mass is 35.5. The summed E-state index contributed by atoms with van der Waals surface area (Å²) in [7, 11) is 0. The lowest BCUT2D eigenvalue weighted by Gasteiger charge is -2.07. The van der Waals surface area contributed by atoms with Crippen molar-refractivity contribution in [2.24, 2.45) is 0 Å². The van der Waals surface area contributed by atoms with Gasteiger partial charge in [0, 0.05) is 10.7 Å². The van der Waals surface area contributed by atoms with Crippen molar-refractivity contribution in [3.63, 3.8) is 0 Å². The molecule has 4 aromatic rings. The van der Waals surface area contributed by atoms with Gasteiger partial charge in [0.05, 0.1) is 12.9 Å². The van der Waals surface area contributed by atoms with Crippen molar-refractivity contribution in [3.05, 3.63) is 77.8 Å². The molecule has 24 heavy (non-hydrogen) atoms. The molecule has 1 N–H and O–H groups in total. The molecule has 2 aromatic heterocycles. The topological polar surface area (TPSA) is 55.6 Å². The summed E-state index contributed by atoms with van der Waals surface area (Å²) < 4.78 is 2.01. The minimum absolute atomic E-state index is 0.675. The van der Waals surface area contributed by atoms with Gasteiger partial charge in [0.1, 0.15) is 6.33 Å². The lowest BCUT2D eigenvalue weighted by molar-refractivity contribution is 0.813. The SMILES string of the molecule is Clc1ccc(Nc2ncnc3c2ncn3Cc2ccccc2)cc1. The van der Waals surface area contributed by atoms with Gasteiger partial charge < -0.3 is 9.88 Å². The summed E-state index contributed by atoms with van der Waals surface area (Å²) in [6, 6.07) is 17.7. The van der Waals surface area contributed by atoms with Gasteiger partial charge in [-0.1, -0.05) is 41.9 Å². The van der Waals surface area contributed by atoms with Crippen molar-refractivity contribution in [1.82, 2.24) is 19.5 Å². The first-order chi connectivity index (χ1) is 11.8. The van der Waals surface area contributed by atoms with Crippen LogP contribution in [0.3, 0.4) is 0 Å². The second-order valence-corrected chi connectivity index (χ2v) is 5.82. The Labute approximate surface area is 144 Å². The molecule has 2 heterocycles. The van der Waals surface area contributed by atoms with E-state index in [1.54, 1.807) is 12.7 Å². The van der Waals surface area contributed by atoms with E-state index in [1.807, 2.05) is 47.0 Å². The Balaban J connectivity index is 1.67. The maximum Gasteiger partial charge on any atom is 0.165 e. The Bertz CT molecular complexity index is 964. The van der Waals surface area contributed by atoms with Crippen LogP contribution >= 0.6 is 11.6 Å². The first kappa shape index (κ1) is 14.7. The molecule has 0 saturated heterocycles. The molecule has 0 aliphatic rings. The molecule has 0 unspecified atom stereocenters. The number of nitrogens with zero attached hydrogens (tertiary/aromatic N) is 4. The van der Waals surface area contributed by atoms with Crippen molar-refractivity contribution >= 4 is 34.3 Å². The fraction of sp³-hybridized carbons (Fsp3) is 0.0556. The molecular weight excluding hydrogens is 322 g/mol. The monoisotopic (exact) mass is 335 g/mol. The zero-order chi connectivity index (χ0) is 16.4. The van der Waals surface area contributed by atoms with Crippen molar-refractivity contribution < 1.29 is 0 Å². The highest BCUT2D eigenvalue weighted by molar-refractivity contribution is 6.30. The fourth-order valence-electron chi connectivity index (χ4n) is 2.54. The standard InChI is InChI=1S/C18H14ClN5/c19-14-6-8-15(9-7-14)23-17-16-18(21-11-20-17)24(12-22-16)10-13-4-2-1-3-5-13/h1-9,11-12H,10H2,(H,20,21,23). The van der Waals surface area contributed by atoms with Crippen LogP contribution < -0.4 is 5.32 Å². The normalized spacial score (nSPS) is 10.9. The van der Waals surface area contributed by atoms with Crippen LogP contribution in [-0.4, -0.2) is 19.5 Å². The average Bonchev–Trinajstić information content (AvgIpc) is 3.02. The summed E-state index contributed by atoms with van der Waals surface area (Å²) in [5, 5.41) is 3.96. The van der Waals surface area contributed by atoms with Crippen LogP contribution in [0.4, 0.5) is 11.5 Å². The molecule has 0 aliphatic carbocycles. The van der Waals surface area contributed by atoms with E-state index in [4.69, 9.17) is 11.6 Å². The van der Waals surface area contributed by atoms with Crippen LogP contribution in [-0.2, 0) is 6.54 Å². The van der Waals surface area contributed by atoms with E-state index >= 15 is 0 Å². The highest BCUT2D eigenvalue weighted by Gasteiger charge is 2.10. The zero-order valence-corrected chi connectivity index (χ0v) is 13.5. The van der Waals surface area contributed by atoms with E-state index in [0.29, 0.717) is 10.8 Å². The van der Waals surface area contributed by atoms with Gasteiger partial charge >= 0.3 is 0 Å². The largest absolute Gasteiger partial charge is 0.338 e. The van der Waals surface area contributed by atoms with Gasteiger partial charge in [-0.3, -0.25) is 0 Å². The third-order valence-corrected chi connectivity index (χ3v) is 3.96. The Hall–Kier alpha value is -2.92. The zero-order valence-electron chi connectivity index (χ0n) is 12.7. The van der Waals surface area contributed by atoms with Crippen molar-refractivity contribution in [3.8, 4) is 0 Å². The van der Waals surface area contributed by atoms with Crippen LogP contribution in [0.15, 0.2) is 67.3 Å². The molecule has 0 radical (unpaired) electrons. The van der Waals surface area contributed by atoms with Crippen LogP contribution in [0.5, 0.6) is 0 Å². The molecule has 0 saturated carbocycles. The number of fused-ring (bicyclic) bond motifs is 1. The second kappa shape index (κ2) is 6.29. The van der Waals surface area contributed by atoms with Gasteiger partial charge in [-0.15, -0.1) is 0 Å². The van der Waals surface area contributed by atoms with E-state index in [-0.39, 0.29) is 0 Å². The van der Waals surface area contributed by atoms with E-state index in [9.17, 15) is 0 Å². The number of hydrogen-bond acceptors (Lipinski definition) is 4. The number of halogens is 1. The van der Waals surface area contributed by atoms with Gasteiger partial charge in [-0.2, -0.15) is 0 Å². The van der Waals surface area contributed by atoms with E-state index in [2.05, 4.69) is 32.4 Å². The molecule has 118 valence electrons. The Morgan fingerprint density at radius 2 is 1.71 bits per heavy atom. The number of anilines is 2. The van der Waals surface area contributed by atoms with Crippen molar-refractivity contribution in [2.75, 3.05) is 5.32 Å². The molecule has 0 fully saturated rings. The lowest BCUT2D eigenvalue weighted by atomic mass is 10.2. The van der Waals surface area contributed by atoms with Crippen molar-refractivity contribution in [1.29, 1.82) is 0 Å². The molecule has 0 atom stereocenters. The summed E-state index contributed by atoms with van der Waals surface area (Å²) in [6.07, 6.45) is 3.34. The lowest BCUT2D eigenvalue weighted by Crippen LogP contribution is -2.00. The summed E-state index contributed by atoms with van der Waals surface area (Å²) in [5.41, 5.74) is 3.63. The first-order valence-corrected chi connectivity index (χ1v) is 7.90.